The maximum absolute atomic E-state index is 14.1. The van der Waals surface area contributed by atoms with Crippen molar-refractivity contribution in [3.63, 3.8) is 0 Å². The van der Waals surface area contributed by atoms with E-state index in [1.807, 2.05) is 62.4 Å². The van der Waals surface area contributed by atoms with Crippen LogP contribution >= 0.6 is 0 Å². The van der Waals surface area contributed by atoms with Gasteiger partial charge in [0.15, 0.2) is 0 Å². The minimum atomic E-state index is -0.717. The van der Waals surface area contributed by atoms with Crippen molar-refractivity contribution in [1.82, 2.24) is 5.06 Å². The molecular weight excluding hydrogens is 707 g/mol. The molecule has 1 heterocycles. The minimum absolute atomic E-state index is 0.428. The van der Waals surface area contributed by atoms with E-state index in [4.69, 9.17) is 14.2 Å². The van der Waals surface area contributed by atoms with Crippen LogP contribution < -0.4 is 14.2 Å². The fourth-order valence-electron chi connectivity index (χ4n) is 8.32. The van der Waals surface area contributed by atoms with Crippen LogP contribution in [0.2, 0.25) is 0 Å². The van der Waals surface area contributed by atoms with Gasteiger partial charge in [-0.1, -0.05) is 167 Å². The second-order valence-electron chi connectivity index (χ2n) is 17.1. The zero-order valence-electron chi connectivity index (χ0n) is 36.3. The lowest BCUT2D eigenvalue weighted by Gasteiger charge is -2.37. The molecular formula is C51H76NO5. The minimum Gasteiger partial charge on any atom is -0.494 e. The summed E-state index contributed by atoms with van der Waals surface area (Å²) in [6, 6.07) is 22.7. The standard InChI is InChI=1S/C51H76NO5/c1-5-7-9-11-13-15-17-19-21-23-25-41-55-46-33-31-45(32-34-46)51(4)40-39-50(3,52(51)54)44-29-27-43(28-30-44)49(53)57-48-37-35-47(36-38-48)56-42-26-24-22-20-18-16-14-12-10-8-6-2/h27-38H,5-26,39-42H2,1-4H3/t50-,51-/m1/s1. The van der Waals surface area contributed by atoms with Gasteiger partial charge in [0.25, 0.3) is 0 Å². The summed E-state index contributed by atoms with van der Waals surface area (Å²) in [5.41, 5.74) is 0.952. The number of hydrogen-bond acceptors (Lipinski definition) is 5. The fourth-order valence-corrected chi connectivity index (χ4v) is 8.32. The van der Waals surface area contributed by atoms with Crippen molar-refractivity contribution in [2.75, 3.05) is 13.2 Å². The quantitative estimate of drug-likeness (QED) is 0.0383. The first-order valence-electron chi connectivity index (χ1n) is 23.1. The first-order valence-corrected chi connectivity index (χ1v) is 23.1. The van der Waals surface area contributed by atoms with E-state index < -0.39 is 17.0 Å². The van der Waals surface area contributed by atoms with Gasteiger partial charge in [-0.05, 0) is 99.2 Å². The highest BCUT2D eigenvalue weighted by Gasteiger charge is 2.52. The van der Waals surface area contributed by atoms with Crippen LogP contribution in [-0.4, -0.2) is 24.2 Å². The third-order valence-corrected chi connectivity index (χ3v) is 12.3. The molecule has 2 atom stereocenters. The summed E-state index contributed by atoms with van der Waals surface area (Å²) in [6.07, 6.45) is 30.3. The Balaban J connectivity index is 1.14. The van der Waals surface area contributed by atoms with Crippen molar-refractivity contribution in [2.45, 2.75) is 193 Å². The number of carbonyl (C=O) groups excluding carboxylic acids is 1. The molecule has 1 radical (unpaired) electrons. The average Bonchev–Trinajstić information content (AvgIpc) is 3.48. The topological polar surface area (TPSA) is 67.9 Å². The Bertz CT molecular complexity index is 1510. The Morgan fingerprint density at radius 3 is 1.18 bits per heavy atom. The molecule has 0 bridgehead atoms. The van der Waals surface area contributed by atoms with E-state index in [9.17, 15) is 10.0 Å². The number of hydrogen-bond donors (Lipinski definition) is 0. The van der Waals surface area contributed by atoms with Gasteiger partial charge in [0.2, 0.25) is 0 Å². The van der Waals surface area contributed by atoms with Crippen LogP contribution in [0.3, 0.4) is 0 Å². The van der Waals surface area contributed by atoms with Crippen molar-refractivity contribution < 1.29 is 24.2 Å². The maximum Gasteiger partial charge on any atom is 0.343 e. The lowest BCUT2D eigenvalue weighted by atomic mass is 9.89. The molecule has 4 rings (SSSR count). The first-order chi connectivity index (χ1) is 27.8. The second-order valence-corrected chi connectivity index (χ2v) is 17.1. The van der Waals surface area contributed by atoms with E-state index >= 15 is 0 Å². The monoisotopic (exact) mass is 783 g/mol. The van der Waals surface area contributed by atoms with Gasteiger partial charge in [0.05, 0.1) is 29.9 Å². The number of hydroxylamine groups is 2. The Labute approximate surface area is 347 Å². The number of benzene rings is 3. The third kappa shape index (κ3) is 15.4. The van der Waals surface area contributed by atoms with Gasteiger partial charge in [0, 0.05) is 0 Å². The molecule has 1 aliphatic rings. The number of ether oxygens (including phenoxy) is 3. The Hall–Kier alpha value is -3.35. The van der Waals surface area contributed by atoms with Crippen LogP contribution in [0, 0.1) is 0 Å². The molecule has 0 saturated carbocycles. The molecule has 3 aromatic carbocycles. The number of nitrogens with zero attached hydrogens (tertiary/aromatic N) is 1. The fraction of sp³-hybridized carbons (Fsp3) is 0.627. The van der Waals surface area contributed by atoms with Gasteiger partial charge < -0.3 is 14.2 Å². The lowest BCUT2D eigenvalue weighted by Crippen LogP contribution is -2.44. The summed E-state index contributed by atoms with van der Waals surface area (Å²) in [4.78, 5) is 13.0. The van der Waals surface area contributed by atoms with Gasteiger partial charge in [-0.25, -0.2) is 4.79 Å². The lowest BCUT2D eigenvalue weighted by molar-refractivity contribution is -0.260. The van der Waals surface area contributed by atoms with Crippen LogP contribution in [0.1, 0.15) is 203 Å². The largest absolute Gasteiger partial charge is 0.494 e. The highest BCUT2D eigenvalue weighted by molar-refractivity contribution is 5.91. The summed E-state index contributed by atoms with van der Waals surface area (Å²) in [7, 11) is 0. The Kier molecular flexibility index (Phi) is 21.1. The number of rotatable bonds is 30. The molecule has 3 aromatic rings. The zero-order valence-corrected chi connectivity index (χ0v) is 36.3. The van der Waals surface area contributed by atoms with Crippen LogP contribution in [0.15, 0.2) is 72.8 Å². The van der Waals surface area contributed by atoms with Crippen molar-refractivity contribution in [3.05, 3.63) is 89.5 Å². The van der Waals surface area contributed by atoms with Crippen molar-refractivity contribution in [3.8, 4) is 17.2 Å². The molecule has 0 aliphatic carbocycles. The molecule has 1 saturated heterocycles. The van der Waals surface area contributed by atoms with Crippen LogP contribution in [0.5, 0.6) is 17.2 Å². The summed E-state index contributed by atoms with van der Waals surface area (Å²) < 4.78 is 17.7. The van der Waals surface area contributed by atoms with E-state index in [1.54, 1.807) is 24.3 Å². The molecule has 0 spiro atoms. The molecule has 57 heavy (non-hydrogen) atoms. The number of esters is 1. The normalized spacial score (nSPS) is 18.2. The van der Waals surface area contributed by atoms with Crippen molar-refractivity contribution in [2.24, 2.45) is 0 Å². The van der Waals surface area contributed by atoms with E-state index in [-0.39, 0.29) is 0 Å². The summed E-state index contributed by atoms with van der Waals surface area (Å²) in [5.74, 6) is 1.68. The molecule has 0 N–H and O–H groups in total. The van der Waals surface area contributed by atoms with Crippen LogP contribution in [-0.2, 0) is 16.3 Å². The van der Waals surface area contributed by atoms with Crippen molar-refractivity contribution >= 4 is 5.97 Å². The van der Waals surface area contributed by atoms with Gasteiger partial charge in [-0.2, -0.15) is 0 Å². The number of unbranched alkanes of at least 4 members (excludes halogenated alkanes) is 20. The van der Waals surface area contributed by atoms with Crippen LogP contribution in [0.25, 0.3) is 0 Å². The molecule has 6 nitrogen and oxygen atoms in total. The van der Waals surface area contributed by atoms with Crippen molar-refractivity contribution in [1.29, 1.82) is 0 Å². The summed E-state index contributed by atoms with van der Waals surface area (Å²) in [5, 5.41) is 15.3. The summed E-state index contributed by atoms with van der Waals surface area (Å²) in [6.45, 7) is 10.0. The van der Waals surface area contributed by atoms with Gasteiger partial charge in [-0.3, -0.25) is 0 Å². The van der Waals surface area contributed by atoms with Gasteiger partial charge in [0.1, 0.15) is 17.2 Å². The van der Waals surface area contributed by atoms with Gasteiger partial charge >= 0.3 is 5.97 Å². The summed E-state index contributed by atoms with van der Waals surface area (Å²) >= 11 is 0. The highest BCUT2D eigenvalue weighted by Crippen LogP contribution is 2.51. The first kappa shape index (κ1) is 46.3. The molecule has 1 aliphatic heterocycles. The van der Waals surface area contributed by atoms with Crippen LogP contribution in [0.4, 0.5) is 0 Å². The average molecular weight is 783 g/mol. The zero-order chi connectivity index (χ0) is 40.6. The van der Waals surface area contributed by atoms with E-state index in [1.165, 1.54) is 133 Å². The third-order valence-electron chi connectivity index (χ3n) is 12.3. The molecule has 315 valence electrons. The number of carbonyl (C=O) groups is 1. The van der Waals surface area contributed by atoms with Gasteiger partial charge in [-0.15, -0.1) is 10.3 Å². The molecule has 0 unspecified atom stereocenters. The molecule has 6 heteroatoms. The predicted molar refractivity (Wildman–Crippen MR) is 235 cm³/mol. The molecule has 0 amide bonds. The maximum atomic E-state index is 14.1. The smallest absolute Gasteiger partial charge is 0.343 e. The van der Waals surface area contributed by atoms with E-state index in [0.717, 1.165) is 48.5 Å². The molecule has 1 fully saturated rings. The Morgan fingerprint density at radius 1 is 0.474 bits per heavy atom. The SMILES string of the molecule is CCCCCCCCCCCCCOc1ccc(OC(=O)c2ccc([C@@]3(C)CC[C@](C)(c4ccc(OCCCCCCCCCCCCC)cc4)N3[O])cc2)cc1. The second kappa shape index (κ2) is 25.9. The highest BCUT2D eigenvalue weighted by atomic mass is 16.5. The van der Waals surface area contributed by atoms with E-state index in [0.29, 0.717) is 24.3 Å². The molecule has 0 aromatic heterocycles. The van der Waals surface area contributed by atoms with E-state index in [2.05, 4.69) is 13.8 Å². The predicted octanol–water partition coefficient (Wildman–Crippen LogP) is 14.9. The Morgan fingerprint density at radius 2 is 0.789 bits per heavy atom.